The van der Waals surface area contributed by atoms with E-state index in [2.05, 4.69) is 5.38 Å². The first kappa shape index (κ1) is 16.0. The Bertz CT molecular complexity index is 739. The lowest BCUT2D eigenvalue weighted by molar-refractivity contribution is -0.145. The van der Waals surface area contributed by atoms with E-state index in [1.807, 2.05) is 31.4 Å². The van der Waals surface area contributed by atoms with Gasteiger partial charge in [0.05, 0.1) is 12.6 Å². The molecule has 122 valence electrons. The van der Waals surface area contributed by atoms with E-state index in [0.717, 1.165) is 11.1 Å². The standard InChI is InChI=1S/C17H20N2O3S/c1-12-3-5-18(16(20)7-12)10-17(21)19-8-13(2)22-15(9-19)14-4-6-23-11-14/h3-7,11,13,15H,8-10H2,1-2H3/t13-,15-/m1/s1. The number of ether oxygens (including phenoxy) is 1. The largest absolute Gasteiger partial charge is 0.367 e. The maximum Gasteiger partial charge on any atom is 0.251 e. The quantitative estimate of drug-likeness (QED) is 0.866. The molecule has 0 saturated carbocycles. The van der Waals surface area contributed by atoms with E-state index in [-0.39, 0.29) is 30.2 Å². The summed E-state index contributed by atoms with van der Waals surface area (Å²) in [6, 6.07) is 5.41. The average Bonchev–Trinajstić information content (AvgIpc) is 3.04. The third kappa shape index (κ3) is 3.71. The zero-order valence-corrected chi connectivity index (χ0v) is 14.1. The van der Waals surface area contributed by atoms with Gasteiger partial charge in [-0.1, -0.05) is 0 Å². The smallest absolute Gasteiger partial charge is 0.251 e. The molecule has 6 heteroatoms. The van der Waals surface area contributed by atoms with Crippen molar-refractivity contribution in [3.8, 4) is 0 Å². The molecule has 1 fully saturated rings. The lowest BCUT2D eigenvalue weighted by Crippen LogP contribution is -2.47. The van der Waals surface area contributed by atoms with Gasteiger partial charge in [0.1, 0.15) is 12.6 Å². The van der Waals surface area contributed by atoms with Gasteiger partial charge in [-0.05, 0) is 47.9 Å². The number of rotatable bonds is 3. The van der Waals surface area contributed by atoms with Gasteiger partial charge in [0.25, 0.3) is 5.56 Å². The van der Waals surface area contributed by atoms with Gasteiger partial charge in [-0.25, -0.2) is 0 Å². The summed E-state index contributed by atoms with van der Waals surface area (Å²) in [5.74, 6) is -0.0497. The molecule has 2 aromatic heterocycles. The zero-order valence-electron chi connectivity index (χ0n) is 13.3. The molecule has 3 rings (SSSR count). The normalized spacial score (nSPS) is 21.4. The molecule has 23 heavy (non-hydrogen) atoms. The van der Waals surface area contributed by atoms with Crippen LogP contribution < -0.4 is 5.56 Å². The maximum absolute atomic E-state index is 12.6. The Labute approximate surface area is 139 Å². The second-order valence-electron chi connectivity index (χ2n) is 5.96. The average molecular weight is 332 g/mol. The number of carbonyl (C=O) groups excluding carboxylic acids is 1. The molecule has 5 nitrogen and oxygen atoms in total. The van der Waals surface area contributed by atoms with E-state index in [0.29, 0.717) is 13.1 Å². The number of aromatic nitrogens is 1. The van der Waals surface area contributed by atoms with Gasteiger partial charge in [0, 0.05) is 18.8 Å². The third-order valence-electron chi connectivity index (χ3n) is 3.99. The fraction of sp³-hybridized carbons (Fsp3) is 0.412. The highest BCUT2D eigenvalue weighted by atomic mass is 32.1. The number of thiophene rings is 1. The first-order chi connectivity index (χ1) is 11.0. The van der Waals surface area contributed by atoms with Crippen molar-refractivity contribution in [3.63, 3.8) is 0 Å². The SMILES string of the molecule is Cc1ccn(CC(=O)N2C[C@@H](C)O[C@@H](c3ccsc3)C2)c(=O)c1. The van der Waals surface area contributed by atoms with E-state index >= 15 is 0 Å². The minimum atomic E-state index is -0.144. The number of carbonyl (C=O) groups is 1. The minimum Gasteiger partial charge on any atom is -0.367 e. The van der Waals surface area contributed by atoms with Gasteiger partial charge >= 0.3 is 0 Å². The number of aryl methyl sites for hydroxylation is 1. The molecule has 0 unspecified atom stereocenters. The van der Waals surface area contributed by atoms with E-state index in [9.17, 15) is 9.59 Å². The predicted octanol–water partition coefficient (Wildman–Crippen LogP) is 2.21. The molecule has 2 aromatic rings. The molecule has 0 N–H and O–H groups in total. The zero-order chi connectivity index (χ0) is 16.4. The Kier molecular flexibility index (Phi) is 4.63. The number of nitrogens with zero attached hydrogens (tertiary/aromatic N) is 2. The Morgan fingerprint density at radius 1 is 1.39 bits per heavy atom. The van der Waals surface area contributed by atoms with Crippen molar-refractivity contribution in [1.82, 2.24) is 9.47 Å². The van der Waals surface area contributed by atoms with Crippen LogP contribution in [0.4, 0.5) is 0 Å². The Balaban J connectivity index is 1.72. The molecule has 0 bridgehead atoms. The summed E-state index contributed by atoms with van der Waals surface area (Å²) in [6.45, 7) is 4.99. The van der Waals surface area contributed by atoms with Crippen LogP contribution in [0.1, 0.15) is 24.2 Å². The number of hydrogen-bond acceptors (Lipinski definition) is 4. The first-order valence-electron chi connectivity index (χ1n) is 7.65. The molecular weight excluding hydrogens is 312 g/mol. The summed E-state index contributed by atoms with van der Waals surface area (Å²) < 4.78 is 7.40. The van der Waals surface area contributed by atoms with Crippen LogP contribution in [-0.2, 0) is 16.1 Å². The molecule has 1 aliphatic rings. The maximum atomic E-state index is 12.6. The van der Waals surface area contributed by atoms with Crippen molar-refractivity contribution in [3.05, 3.63) is 56.6 Å². The van der Waals surface area contributed by atoms with Crippen LogP contribution in [0, 0.1) is 6.92 Å². The van der Waals surface area contributed by atoms with Crippen LogP contribution in [0.3, 0.4) is 0 Å². The number of amides is 1. The topological polar surface area (TPSA) is 51.5 Å². The lowest BCUT2D eigenvalue weighted by Gasteiger charge is -2.36. The number of hydrogen-bond donors (Lipinski definition) is 0. The highest BCUT2D eigenvalue weighted by Gasteiger charge is 2.29. The molecule has 3 heterocycles. The molecular formula is C17H20N2O3S. The van der Waals surface area contributed by atoms with E-state index in [1.165, 1.54) is 4.57 Å². The first-order valence-corrected chi connectivity index (χ1v) is 8.59. The second kappa shape index (κ2) is 6.68. The van der Waals surface area contributed by atoms with Gasteiger partial charge in [-0.3, -0.25) is 9.59 Å². The van der Waals surface area contributed by atoms with E-state index < -0.39 is 0 Å². The minimum absolute atomic E-state index is 0.0210. The van der Waals surface area contributed by atoms with Crippen LogP contribution in [0.25, 0.3) is 0 Å². The molecule has 2 atom stereocenters. The van der Waals surface area contributed by atoms with Crippen LogP contribution in [0.2, 0.25) is 0 Å². The molecule has 1 saturated heterocycles. The second-order valence-corrected chi connectivity index (χ2v) is 6.74. The van der Waals surface area contributed by atoms with Crippen molar-refractivity contribution in [2.24, 2.45) is 0 Å². The van der Waals surface area contributed by atoms with E-state index in [4.69, 9.17) is 4.74 Å². The van der Waals surface area contributed by atoms with Crippen LogP contribution in [0.5, 0.6) is 0 Å². The van der Waals surface area contributed by atoms with Crippen molar-refractivity contribution >= 4 is 17.2 Å². The van der Waals surface area contributed by atoms with E-state index in [1.54, 1.807) is 28.5 Å². The molecule has 0 aromatic carbocycles. The summed E-state index contributed by atoms with van der Waals surface area (Å²) in [5, 5.41) is 4.06. The molecule has 0 aliphatic carbocycles. The van der Waals surface area contributed by atoms with Crippen molar-refractivity contribution in [1.29, 1.82) is 0 Å². The van der Waals surface area contributed by atoms with Crippen molar-refractivity contribution < 1.29 is 9.53 Å². The third-order valence-corrected chi connectivity index (χ3v) is 4.69. The molecule has 0 radical (unpaired) electrons. The number of pyridine rings is 1. The van der Waals surface area contributed by atoms with Crippen LogP contribution in [0.15, 0.2) is 40.0 Å². The van der Waals surface area contributed by atoms with Crippen LogP contribution >= 0.6 is 11.3 Å². The molecule has 1 aliphatic heterocycles. The Hall–Kier alpha value is -1.92. The van der Waals surface area contributed by atoms with Gasteiger partial charge < -0.3 is 14.2 Å². The Morgan fingerprint density at radius 3 is 2.91 bits per heavy atom. The lowest BCUT2D eigenvalue weighted by atomic mass is 10.1. The van der Waals surface area contributed by atoms with Gasteiger partial charge in [-0.15, -0.1) is 0 Å². The van der Waals surface area contributed by atoms with Crippen molar-refractivity contribution in [2.45, 2.75) is 32.6 Å². The summed E-state index contributed by atoms with van der Waals surface area (Å²) in [7, 11) is 0. The fourth-order valence-electron chi connectivity index (χ4n) is 2.78. The summed E-state index contributed by atoms with van der Waals surface area (Å²) in [5.41, 5.74) is 1.86. The molecule has 1 amide bonds. The van der Waals surface area contributed by atoms with Gasteiger partial charge in [0.2, 0.25) is 5.91 Å². The van der Waals surface area contributed by atoms with Crippen LogP contribution in [-0.4, -0.2) is 34.6 Å². The fourth-order valence-corrected chi connectivity index (χ4v) is 3.48. The monoisotopic (exact) mass is 332 g/mol. The highest BCUT2D eigenvalue weighted by molar-refractivity contribution is 7.07. The predicted molar refractivity (Wildman–Crippen MR) is 89.6 cm³/mol. The van der Waals surface area contributed by atoms with Gasteiger partial charge in [0.15, 0.2) is 0 Å². The van der Waals surface area contributed by atoms with Crippen molar-refractivity contribution in [2.75, 3.05) is 13.1 Å². The number of morpholine rings is 1. The summed E-state index contributed by atoms with van der Waals surface area (Å²) in [4.78, 5) is 26.3. The van der Waals surface area contributed by atoms with Gasteiger partial charge in [-0.2, -0.15) is 11.3 Å². The highest BCUT2D eigenvalue weighted by Crippen LogP contribution is 2.26. The Morgan fingerprint density at radius 2 is 2.22 bits per heavy atom. The summed E-state index contributed by atoms with van der Waals surface area (Å²) in [6.07, 6.45) is 1.56. The molecule has 0 spiro atoms. The summed E-state index contributed by atoms with van der Waals surface area (Å²) >= 11 is 1.62.